The summed E-state index contributed by atoms with van der Waals surface area (Å²) in [5.74, 6) is -3.79. The molecule has 7 nitrogen and oxygen atoms in total. The van der Waals surface area contributed by atoms with Crippen molar-refractivity contribution in [3.05, 3.63) is 47.0 Å². The SMILES string of the molecule is CCOC(=O)C(=O)N(C(=O)c1c(C)nn(C)c1F)c1ccccc1CCC(C)C. The summed E-state index contributed by atoms with van der Waals surface area (Å²) in [6.45, 7) is 7.11. The number of imide groups is 1. The minimum atomic E-state index is -1.18. The van der Waals surface area contributed by atoms with Crippen molar-refractivity contribution in [1.82, 2.24) is 9.78 Å². The molecule has 0 unspecified atom stereocenters. The number of hydrogen-bond donors (Lipinski definition) is 0. The zero-order valence-electron chi connectivity index (χ0n) is 17.4. The van der Waals surface area contributed by atoms with Crippen LogP contribution in [-0.4, -0.2) is 34.2 Å². The van der Waals surface area contributed by atoms with Crippen molar-refractivity contribution in [3.8, 4) is 0 Å². The molecule has 0 saturated carbocycles. The van der Waals surface area contributed by atoms with E-state index in [1.807, 2.05) is 0 Å². The first kappa shape index (κ1) is 22.3. The van der Waals surface area contributed by atoms with Gasteiger partial charge in [-0.25, -0.2) is 14.4 Å². The summed E-state index contributed by atoms with van der Waals surface area (Å²) in [7, 11) is 1.35. The van der Waals surface area contributed by atoms with E-state index < -0.39 is 23.7 Å². The van der Waals surface area contributed by atoms with Gasteiger partial charge in [0.15, 0.2) is 0 Å². The summed E-state index contributed by atoms with van der Waals surface area (Å²) in [4.78, 5) is 39.0. The lowest BCUT2D eigenvalue weighted by atomic mass is 10.0. The number of amides is 2. The zero-order valence-corrected chi connectivity index (χ0v) is 17.4. The van der Waals surface area contributed by atoms with Gasteiger partial charge in [0.2, 0.25) is 5.95 Å². The Bertz CT molecular complexity index is 921. The summed E-state index contributed by atoms with van der Waals surface area (Å²) in [5, 5.41) is 3.90. The van der Waals surface area contributed by atoms with Crippen molar-refractivity contribution in [2.24, 2.45) is 13.0 Å². The number of benzene rings is 1. The van der Waals surface area contributed by atoms with Crippen molar-refractivity contribution in [1.29, 1.82) is 0 Å². The standard InChI is InChI=1S/C21H26FN3O4/c1-6-29-21(28)20(27)25(19(26)17-14(4)23-24(5)18(17)22)16-10-8-7-9-15(16)12-11-13(2)3/h7-10,13H,6,11-12H2,1-5H3. The average molecular weight is 403 g/mol. The van der Waals surface area contributed by atoms with Crippen LogP contribution in [0.4, 0.5) is 10.1 Å². The lowest BCUT2D eigenvalue weighted by molar-refractivity contribution is -0.153. The first-order chi connectivity index (χ1) is 13.7. The van der Waals surface area contributed by atoms with Crippen molar-refractivity contribution < 1.29 is 23.5 Å². The molecule has 2 amide bonds. The first-order valence-electron chi connectivity index (χ1n) is 9.51. The summed E-state index contributed by atoms with van der Waals surface area (Å²) < 4.78 is 20.3. The number of rotatable bonds is 6. The fourth-order valence-corrected chi connectivity index (χ4v) is 2.96. The van der Waals surface area contributed by atoms with Crippen molar-refractivity contribution in [2.45, 2.75) is 40.5 Å². The van der Waals surface area contributed by atoms with E-state index in [2.05, 4.69) is 18.9 Å². The van der Waals surface area contributed by atoms with Crippen molar-refractivity contribution >= 4 is 23.5 Å². The number of carbonyl (C=O) groups excluding carboxylic acids is 3. The average Bonchev–Trinajstić information content (AvgIpc) is 2.92. The van der Waals surface area contributed by atoms with Crippen LogP contribution in [0.15, 0.2) is 24.3 Å². The lowest BCUT2D eigenvalue weighted by Crippen LogP contribution is -2.43. The fraction of sp³-hybridized carbons (Fsp3) is 0.429. The highest BCUT2D eigenvalue weighted by atomic mass is 19.1. The van der Waals surface area contributed by atoms with Gasteiger partial charge in [0.1, 0.15) is 5.56 Å². The molecule has 0 aliphatic rings. The van der Waals surface area contributed by atoms with Crippen LogP contribution in [0.25, 0.3) is 0 Å². The molecule has 0 saturated heterocycles. The van der Waals surface area contributed by atoms with Crippen LogP contribution < -0.4 is 4.90 Å². The Hall–Kier alpha value is -3.03. The van der Waals surface area contributed by atoms with Crippen LogP contribution in [0.3, 0.4) is 0 Å². The summed E-state index contributed by atoms with van der Waals surface area (Å²) in [6, 6.07) is 6.78. The predicted molar refractivity (Wildman–Crippen MR) is 106 cm³/mol. The number of anilines is 1. The predicted octanol–water partition coefficient (Wildman–Crippen LogP) is 3.19. The maximum atomic E-state index is 14.5. The van der Waals surface area contributed by atoms with Gasteiger partial charge in [-0.2, -0.15) is 9.49 Å². The van der Waals surface area contributed by atoms with Crippen LogP contribution in [0.1, 0.15) is 48.8 Å². The minimum absolute atomic E-state index is 0.0259. The van der Waals surface area contributed by atoms with E-state index >= 15 is 0 Å². The van der Waals surface area contributed by atoms with Gasteiger partial charge < -0.3 is 4.74 Å². The zero-order chi connectivity index (χ0) is 21.7. The van der Waals surface area contributed by atoms with Gasteiger partial charge in [-0.05, 0) is 44.2 Å². The van der Waals surface area contributed by atoms with E-state index in [1.165, 1.54) is 14.0 Å². The minimum Gasteiger partial charge on any atom is -0.459 e. The number of nitrogens with zero attached hydrogens (tertiary/aromatic N) is 3. The van der Waals surface area contributed by atoms with E-state index in [0.717, 1.165) is 11.1 Å². The smallest absolute Gasteiger partial charge is 0.397 e. The Balaban J connectivity index is 2.59. The maximum Gasteiger partial charge on any atom is 0.397 e. The normalized spacial score (nSPS) is 10.9. The second-order valence-electron chi connectivity index (χ2n) is 7.10. The Morgan fingerprint density at radius 2 is 1.90 bits per heavy atom. The molecule has 0 spiro atoms. The lowest BCUT2D eigenvalue weighted by Gasteiger charge is -2.23. The molecule has 1 heterocycles. The number of esters is 1. The molecular formula is C21H26FN3O4. The number of aryl methyl sites for hydroxylation is 3. The molecule has 0 atom stereocenters. The second-order valence-corrected chi connectivity index (χ2v) is 7.10. The van der Waals surface area contributed by atoms with Gasteiger partial charge in [0.25, 0.3) is 5.91 Å². The molecule has 1 aromatic carbocycles. The second kappa shape index (κ2) is 9.45. The third-order valence-corrected chi connectivity index (χ3v) is 4.45. The number of aromatic nitrogens is 2. The molecule has 0 aliphatic carbocycles. The van der Waals surface area contributed by atoms with Gasteiger partial charge in [-0.3, -0.25) is 9.59 Å². The van der Waals surface area contributed by atoms with E-state index in [1.54, 1.807) is 31.2 Å². The van der Waals surface area contributed by atoms with Gasteiger partial charge in [-0.1, -0.05) is 32.0 Å². The number of para-hydroxylation sites is 1. The van der Waals surface area contributed by atoms with Crippen molar-refractivity contribution in [2.75, 3.05) is 11.5 Å². The Morgan fingerprint density at radius 3 is 2.45 bits per heavy atom. The number of halogens is 1. The number of carbonyl (C=O) groups is 3. The molecule has 0 bridgehead atoms. The Morgan fingerprint density at radius 1 is 1.24 bits per heavy atom. The van der Waals surface area contributed by atoms with Crippen molar-refractivity contribution in [3.63, 3.8) is 0 Å². The third-order valence-electron chi connectivity index (χ3n) is 4.45. The highest BCUT2D eigenvalue weighted by molar-refractivity contribution is 6.45. The fourth-order valence-electron chi connectivity index (χ4n) is 2.96. The summed E-state index contributed by atoms with van der Waals surface area (Å²) in [5.41, 5.74) is 0.702. The Kier molecular flexibility index (Phi) is 7.25. The topological polar surface area (TPSA) is 81.5 Å². The van der Waals surface area contributed by atoms with Crippen LogP contribution in [0.2, 0.25) is 0 Å². The molecule has 2 aromatic rings. The monoisotopic (exact) mass is 403 g/mol. The summed E-state index contributed by atoms with van der Waals surface area (Å²) >= 11 is 0. The van der Waals surface area contributed by atoms with Gasteiger partial charge >= 0.3 is 11.9 Å². The molecule has 156 valence electrons. The van der Waals surface area contributed by atoms with Crippen LogP contribution >= 0.6 is 0 Å². The highest BCUT2D eigenvalue weighted by Gasteiger charge is 2.35. The number of hydrogen-bond acceptors (Lipinski definition) is 5. The molecule has 29 heavy (non-hydrogen) atoms. The van der Waals surface area contributed by atoms with E-state index in [0.29, 0.717) is 22.8 Å². The molecule has 2 rings (SSSR count). The molecule has 8 heteroatoms. The summed E-state index contributed by atoms with van der Waals surface area (Å²) in [6.07, 6.45) is 1.40. The van der Waals surface area contributed by atoms with Gasteiger partial charge in [0, 0.05) is 7.05 Å². The molecule has 0 fully saturated rings. The maximum absolute atomic E-state index is 14.5. The van der Waals surface area contributed by atoms with Crippen LogP contribution in [0, 0.1) is 18.8 Å². The largest absolute Gasteiger partial charge is 0.459 e. The molecule has 0 N–H and O–H groups in total. The van der Waals surface area contributed by atoms with E-state index in [4.69, 9.17) is 4.74 Å². The molecular weight excluding hydrogens is 377 g/mol. The van der Waals surface area contributed by atoms with E-state index in [-0.39, 0.29) is 23.6 Å². The Labute approximate surface area is 169 Å². The third kappa shape index (κ3) is 4.88. The van der Waals surface area contributed by atoms with Crippen LogP contribution in [-0.2, 0) is 27.8 Å². The first-order valence-corrected chi connectivity index (χ1v) is 9.51. The molecule has 0 radical (unpaired) electrons. The van der Waals surface area contributed by atoms with E-state index in [9.17, 15) is 18.8 Å². The van der Waals surface area contributed by atoms with Gasteiger partial charge in [0.05, 0.1) is 18.0 Å². The molecule has 1 aromatic heterocycles. The molecule has 0 aliphatic heterocycles. The van der Waals surface area contributed by atoms with Gasteiger partial charge in [-0.15, -0.1) is 0 Å². The number of ether oxygens (including phenoxy) is 1. The highest BCUT2D eigenvalue weighted by Crippen LogP contribution is 2.27. The quantitative estimate of drug-likeness (QED) is 0.547. The van der Waals surface area contributed by atoms with Crippen LogP contribution in [0.5, 0.6) is 0 Å².